The van der Waals surface area contributed by atoms with Crippen LogP contribution in [0.5, 0.6) is 0 Å². The lowest BCUT2D eigenvalue weighted by Gasteiger charge is -2.18. The molecule has 108 valence electrons. The van der Waals surface area contributed by atoms with Crippen molar-refractivity contribution >= 4 is 11.3 Å². The lowest BCUT2D eigenvalue weighted by atomic mass is 10.0. The van der Waals surface area contributed by atoms with E-state index in [4.69, 9.17) is 0 Å². The number of pyridine rings is 1. The second-order valence-electron chi connectivity index (χ2n) is 5.19. The molecule has 0 saturated heterocycles. The minimum absolute atomic E-state index is 0.569. The topological polar surface area (TPSA) is 24.9 Å². The normalized spacial score (nSPS) is 12.4. The molecule has 1 unspecified atom stereocenters. The van der Waals surface area contributed by atoms with E-state index in [0.717, 1.165) is 13.0 Å². The molecule has 2 heterocycles. The zero-order chi connectivity index (χ0) is 14.0. The van der Waals surface area contributed by atoms with Crippen LogP contribution >= 0.6 is 11.3 Å². The zero-order valence-corrected chi connectivity index (χ0v) is 13.0. The Kier molecular flexibility index (Phi) is 6.75. The summed E-state index contributed by atoms with van der Waals surface area (Å²) in [7, 11) is 0. The molecular weight excluding hydrogens is 264 g/mol. The molecule has 0 fully saturated rings. The Balaban J connectivity index is 1.80. The van der Waals surface area contributed by atoms with E-state index in [1.807, 2.05) is 29.8 Å². The summed E-state index contributed by atoms with van der Waals surface area (Å²) in [5, 5.41) is 5.84. The standard InChI is InChI=1S/C17H24N2S/c1-2-10-19-16(13-15-6-4-11-18-14-15)7-3-8-17-9-5-12-20-17/h4-6,9,11-12,14,16,19H,2-3,7-8,10,13H2,1H3. The molecule has 0 aliphatic carbocycles. The van der Waals surface area contributed by atoms with Gasteiger partial charge in [-0.3, -0.25) is 4.98 Å². The second kappa shape index (κ2) is 8.88. The maximum Gasteiger partial charge on any atom is 0.0300 e. The molecule has 0 radical (unpaired) electrons. The van der Waals surface area contributed by atoms with E-state index in [-0.39, 0.29) is 0 Å². The van der Waals surface area contributed by atoms with Gasteiger partial charge in [-0.25, -0.2) is 0 Å². The Hall–Kier alpha value is -1.19. The van der Waals surface area contributed by atoms with Crippen LogP contribution in [0.2, 0.25) is 0 Å². The summed E-state index contributed by atoms with van der Waals surface area (Å²) in [6.45, 7) is 3.32. The Morgan fingerprint density at radius 2 is 2.25 bits per heavy atom. The van der Waals surface area contributed by atoms with Gasteiger partial charge in [0, 0.05) is 23.3 Å². The first-order valence-electron chi connectivity index (χ1n) is 7.53. The lowest BCUT2D eigenvalue weighted by Crippen LogP contribution is -2.32. The van der Waals surface area contributed by atoms with Crippen LogP contribution in [0.4, 0.5) is 0 Å². The molecule has 2 nitrogen and oxygen atoms in total. The molecule has 3 heteroatoms. The molecule has 0 aromatic carbocycles. The monoisotopic (exact) mass is 288 g/mol. The number of hydrogen-bond donors (Lipinski definition) is 1. The summed E-state index contributed by atoms with van der Waals surface area (Å²) in [6.07, 6.45) is 9.78. The largest absolute Gasteiger partial charge is 0.314 e. The molecule has 0 saturated carbocycles. The quantitative estimate of drug-likeness (QED) is 0.752. The van der Waals surface area contributed by atoms with Gasteiger partial charge >= 0.3 is 0 Å². The number of aryl methyl sites for hydroxylation is 1. The summed E-state index contributed by atoms with van der Waals surface area (Å²) >= 11 is 1.87. The van der Waals surface area contributed by atoms with Crippen molar-refractivity contribution in [2.24, 2.45) is 0 Å². The highest BCUT2D eigenvalue weighted by Crippen LogP contribution is 2.14. The second-order valence-corrected chi connectivity index (χ2v) is 6.22. The number of hydrogen-bond acceptors (Lipinski definition) is 3. The molecule has 20 heavy (non-hydrogen) atoms. The highest BCUT2D eigenvalue weighted by Gasteiger charge is 2.09. The van der Waals surface area contributed by atoms with Crippen LogP contribution in [0.25, 0.3) is 0 Å². The lowest BCUT2D eigenvalue weighted by molar-refractivity contribution is 0.464. The molecule has 0 aliphatic heterocycles. The van der Waals surface area contributed by atoms with E-state index >= 15 is 0 Å². The molecule has 0 spiro atoms. The Bertz CT molecular complexity index is 453. The van der Waals surface area contributed by atoms with Crippen molar-refractivity contribution < 1.29 is 0 Å². The first-order chi connectivity index (χ1) is 9.88. The zero-order valence-electron chi connectivity index (χ0n) is 12.2. The SMILES string of the molecule is CCCNC(CCCc1cccs1)Cc1cccnc1. The summed E-state index contributed by atoms with van der Waals surface area (Å²) in [5.41, 5.74) is 1.33. The number of thiophene rings is 1. The van der Waals surface area contributed by atoms with Crippen molar-refractivity contribution in [3.63, 3.8) is 0 Å². The van der Waals surface area contributed by atoms with Gasteiger partial charge in [-0.05, 0) is 61.7 Å². The van der Waals surface area contributed by atoms with Crippen molar-refractivity contribution in [1.29, 1.82) is 0 Å². The van der Waals surface area contributed by atoms with E-state index in [1.54, 1.807) is 0 Å². The van der Waals surface area contributed by atoms with E-state index in [9.17, 15) is 0 Å². The predicted octanol–water partition coefficient (Wildman–Crippen LogP) is 4.08. The van der Waals surface area contributed by atoms with E-state index in [2.05, 4.69) is 40.8 Å². The number of rotatable bonds is 9. The van der Waals surface area contributed by atoms with Crippen molar-refractivity contribution in [1.82, 2.24) is 10.3 Å². The first-order valence-corrected chi connectivity index (χ1v) is 8.41. The van der Waals surface area contributed by atoms with Crippen LogP contribution in [0, 0.1) is 0 Å². The van der Waals surface area contributed by atoms with Gasteiger partial charge in [0.05, 0.1) is 0 Å². The summed E-state index contributed by atoms with van der Waals surface area (Å²) < 4.78 is 0. The van der Waals surface area contributed by atoms with E-state index in [0.29, 0.717) is 6.04 Å². The van der Waals surface area contributed by atoms with Crippen LogP contribution in [-0.2, 0) is 12.8 Å². The molecule has 0 aliphatic rings. The van der Waals surface area contributed by atoms with Gasteiger partial charge in [-0.15, -0.1) is 11.3 Å². The van der Waals surface area contributed by atoms with Gasteiger partial charge in [0.25, 0.3) is 0 Å². The minimum atomic E-state index is 0.569. The molecule has 1 N–H and O–H groups in total. The minimum Gasteiger partial charge on any atom is -0.314 e. The fourth-order valence-corrected chi connectivity index (χ4v) is 3.16. The predicted molar refractivity (Wildman–Crippen MR) is 87.3 cm³/mol. The van der Waals surface area contributed by atoms with Gasteiger partial charge in [-0.1, -0.05) is 19.1 Å². The van der Waals surface area contributed by atoms with E-state index < -0.39 is 0 Å². The molecular formula is C17H24N2S. The van der Waals surface area contributed by atoms with Gasteiger partial charge in [0.15, 0.2) is 0 Å². The van der Waals surface area contributed by atoms with E-state index in [1.165, 1.54) is 36.1 Å². The van der Waals surface area contributed by atoms with Crippen LogP contribution < -0.4 is 5.32 Å². The third kappa shape index (κ3) is 5.43. The number of nitrogens with one attached hydrogen (secondary N) is 1. The maximum absolute atomic E-state index is 4.21. The van der Waals surface area contributed by atoms with Crippen molar-refractivity contribution in [3.05, 3.63) is 52.5 Å². The summed E-state index contributed by atoms with van der Waals surface area (Å²) in [4.78, 5) is 5.71. The molecule has 2 rings (SSSR count). The highest BCUT2D eigenvalue weighted by atomic mass is 32.1. The third-order valence-corrected chi connectivity index (χ3v) is 4.38. The highest BCUT2D eigenvalue weighted by molar-refractivity contribution is 7.09. The van der Waals surface area contributed by atoms with Crippen LogP contribution in [0.1, 0.15) is 36.6 Å². The van der Waals surface area contributed by atoms with Crippen LogP contribution in [0.3, 0.4) is 0 Å². The smallest absolute Gasteiger partial charge is 0.0300 e. The van der Waals surface area contributed by atoms with Crippen molar-refractivity contribution in [2.75, 3.05) is 6.54 Å². The number of nitrogens with zero attached hydrogens (tertiary/aromatic N) is 1. The Morgan fingerprint density at radius 1 is 1.30 bits per heavy atom. The van der Waals surface area contributed by atoms with Gasteiger partial charge in [0.2, 0.25) is 0 Å². The van der Waals surface area contributed by atoms with Crippen LogP contribution in [-0.4, -0.2) is 17.6 Å². The average Bonchev–Trinajstić information content (AvgIpc) is 2.99. The summed E-state index contributed by atoms with van der Waals surface area (Å²) in [5.74, 6) is 0. The molecule has 0 bridgehead atoms. The fourth-order valence-electron chi connectivity index (χ4n) is 2.41. The van der Waals surface area contributed by atoms with Crippen LogP contribution in [0.15, 0.2) is 42.0 Å². The van der Waals surface area contributed by atoms with Gasteiger partial charge < -0.3 is 5.32 Å². The Labute approximate surface area is 126 Å². The first kappa shape index (κ1) is 15.2. The molecule has 2 aromatic rings. The molecule has 2 aromatic heterocycles. The number of aromatic nitrogens is 1. The third-order valence-electron chi connectivity index (χ3n) is 3.44. The summed E-state index contributed by atoms with van der Waals surface area (Å²) in [6, 6.07) is 9.15. The Morgan fingerprint density at radius 3 is 2.95 bits per heavy atom. The maximum atomic E-state index is 4.21. The van der Waals surface area contributed by atoms with Gasteiger partial charge in [-0.2, -0.15) is 0 Å². The van der Waals surface area contributed by atoms with Gasteiger partial charge in [0.1, 0.15) is 0 Å². The van der Waals surface area contributed by atoms with Crippen molar-refractivity contribution in [3.8, 4) is 0 Å². The average molecular weight is 288 g/mol. The molecule has 1 atom stereocenters. The fraction of sp³-hybridized carbons (Fsp3) is 0.471. The van der Waals surface area contributed by atoms with Crippen molar-refractivity contribution in [2.45, 2.75) is 45.1 Å². The molecule has 0 amide bonds.